The summed E-state index contributed by atoms with van der Waals surface area (Å²) in [5, 5.41) is 4.57. The van der Waals surface area contributed by atoms with E-state index in [9.17, 15) is 4.79 Å². The summed E-state index contributed by atoms with van der Waals surface area (Å²) in [7, 11) is 3.26. The molecule has 27 heavy (non-hydrogen) atoms. The van der Waals surface area contributed by atoms with Gasteiger partial charge in [0.1, 0.15) is 11.5 Å². The van der Waals surface area contributed by atoms with Gasteiger partial charge in [0.2, 0.25) is 0 Å². The van der Waals surface area contributed by atoms with Crippen molar-refractivity contribution in [2.75, 3.05) is 14.2 Å². The highest BCUT2D eigenvalue weighted by molar-refractivity contribution is 7.98. The highest BCUT2D eigenvalue weighted by Gasteiger charge is 2.09. The number of hydrazone groups is 1. The van der Waals surface area contributed by atoms with Crippen LogP contribution in [0.2, 0.25) is 0 Å². The van der Waals surface area contributed by atoms with E-state index >= 15 is 0 Å². The van der Waals surface area contributed by atoms with E-state index in [4.69, 9.17) is 15.2 Å². The number of rotatable bonds is 7. The molecule has 0 bridgehead atoms. The lowest BCUT2D eigenvalue weighted by Gasteiger charge is -2.08. The third-order valence-electron chi connectivity index (χ3n) is 3.72. The molecule has 0 unspecified atom stereocenters. The number of hydrogen-bond acceptors (Lipinski definition) is 6. The monoisotopic (exact) mass is 385 g/mol. The van der Waals surface area contributed by atoms with Gasteiger partial charge in [0.25, 0.3) is 0 Å². The maximum atomic E-state index is 10.7. The number of ether oxygens (including phenoxy) is 2. The Bertz CT molecular complexity index is 986. The van der Waals surface area contributed by atoms with E-state index in [0.29, 0.717) is 5.75 Å². The molecule has 0 aliphatic carbocycles. The van der Waals surface area contributed by atoms with Crippen LogP contribution in [-0.4, -0.2) is 36.4 Å². The van der Waals surface area contributed by atoms with Crippen molar-refractivity contribution in [2.45, 2.75) is 10.9 Å². The van der Waals surface area contributed by atoms with Gasteiger partial charge in [0, 0.05) is 17.4 Å². The molecule has 3 aromatic rings. The summed E-state index contributed by atoms with van der Waals surface area (Å²) < 4.78 is 10.7. The fraction of sp³-hybridized carbons (Fsp3) is 0.167. The predicted molar refractivity (Wildman–Crippen MR) is 106 cm³/mol. The molecule has 0 fully saturated rings. The summed E-state index contributed by atoms with van der Waals surface area (Å²) >= 11 is 1.56. The van der Waals surface area contributed by atoms with E-state index in [1.807, 2.05) is 36.4 Å². The Morgan fingerprint density at radius 1 is 1.30 bits per heavy atom. The zero-order chi connectivity index (χ0) is 19.2. The van der Waals surface area contributed by atoms with Crippen LogP contribution in [0.5, 0.6) is 11.5 Å². The Kier molecular flexibility index (Phi) is 5.82. The molecule has 3 rings (SSSR count). The van der Waals surface area contributed by atoms with Crippen LogP contribution in [0.4, 0.5) is 4.79 Å². The van der Waals surface area contributed by atoms with Crippen molar-refractivity contribution in [3.63, 3.8) is 0 Å². The highest BCUT2D eigenvalue weighted by Crippen LogP contribution is 2.29. The van der Waals surface area contributed by atoms with Crippen LogP contribution in [0.1, 0.15) is 11.1 Å². The quantitative estimate of drug-likeness (QED) is 0.329. The number of H-pyrrole nitrogens is 1. The van der Waals surface area contributed by atoms with E-state index in [-0.39, 0.29) is 0 Å². The first-order valence-corrected chi connectivity index (χ1v) is 8.99. The number of fused-ring (bicyclic) bond motifs is 1. The first-order chi connectivity index (χ1) is 13.1. The fourth-order valence-corrected chi connectivity index (χ4v) is 3.33. The molecule has 2 amide bonds. The Labute approximate surface area is 160 Å². The molecule has 0 atom stereocenters. The smallest absolute Gasteiger partial charge is 0.332 e. The molecule has 8 nitrogen and oxygen atoms in total. The average molecular weight is 385 g/mol. The minimum absolute atomic E-state index is 0.644. The number of amides is 2. The van der Waals surface area contributed by atoms with Gasteiger partial charge >= 0.3 is 6.03 Å². The number of hydrogen-bond donors (Lipinski definition) is 3. The van der Waals surface area contributed by atoms with Crippen LogP contribution in [0.25, 0.3) is 11.0 Å². The number of carbonyl (C=O) groups is 1. The van der Waals surface area contributed by atoms with Crippen molar-refractivity contribution in [1.82, 2.24) is 15.4 Å². The lowest BCUT2D eigenvalue weighted by molar-refractivity contribution is 0.249. The number of carbonyl (C=O) groups excluding carboxylic acids is 1. The molecule has 0 spiro atoms. The van der Waals surface area contributed by atoms with Gasteiger partial charge in [-0.1, -0.05) is 11.8 Å². The molecule has 1 aromatic heterocycles. The number of methoxy groups -OCH3 is 2. The lowest BCUT2D eigenvalue weighted by atomic mass is 10.1. The number of nitrogens with two attached hydrogens (primary N) is 1. The number of thioether (sulfide) groups is 1. The van der Waals surface area contributed by atoms with Gasteiger partial charge in [0.15, 0.2) is 5.16 Å². The zero-order valence-corrected chi connectivity index (χ0v) is 15.7. The summed E-state index contributed by atoms with van der Waals surface area (Å²) in [6, 6.07) is 10.6. The molecular formula is C18H19N5O3S. The molecule has 0 saturated carbocycles. The molecule has 1 heterocycles. The Hall–Kier alpha value is -3.20. The van der Waals surface area contributed by atoms with Crippen molar-refractivity contribution in [1.29, 1.82) is 0 Å². The fourth-order valence-electron chi connectivity index (χ4n) is 2.47. The first kappa shape index (κ1) is 18.6. The first-order valence-electron chi connectivity index (χ1n) is 8.01. The minimum Gasteiger partial charge on any atom is -0.497 e. The number of benzene rings is 2. The Morgan fingerprint density at radius 3 is 2.89 bits per heavy atom. The highest BCUT2D eigenvalue weighted by atomic mass is 32.2. The third kappa shape index (κ3) is 4.70. The molecule has 0 aliphatic rings. The normalized spacial score (nSPS) is 11.0. The number of nitrogens with one attached hydrogen (secondary N) is 2. The molecule has 4 N–H and O–H groups in total. The molecule has 9 heteroatoms. The van der Waals surface area contributed by atoms with Crippen molar-refractivity contribution < 1.29 is 14.3 Å². The summed E-state index contributed by atoms with van der Waals surface area (Å²) in [6.07, 6.45) is 1.52. The molecule has 140 valence electrons. The van der Waals surface area contributed by atoms with E-state index < -0.39 is 6.03 Å². The maximum absolute atomic E-state index is 10.7. The van der Waals surface area contributed by atoms with Crippen LogP contribution < -0.4 is 20.6 Å². The summed E-state index contributed by atoms with van der Waals surface area (Å²) in [6.45, 7) is 0. The van der Waals surface area contributed by atoms with Gasteiger partial charge < -0.3 is 20.2 Å². The van der Waals surface area contributed by atoms with Crippen molar-refractivity contribution in [2.24, 2.45) is 10.8 Å². The molecule has 0 aliphatic heterocycles. The molecule has 0 radical (unpaired) electrons. The van der Waals surface area contributed by atoms with Gasteiger partial charge in [-0.15, -0.1) is 0 Å². The topological polar surface area (TPSA) is 115 Å². The summed E-state index contributed by atoms with van der Waals surface area (Å²) in [5.41, 5.74) is 10.7. The second kappa shape index (κ2) is 8.45. The number of primary amides is 1. The number of nitrogens with zero attached hydrogens (tertiary/aromatic N) is 2. The van der Waals surface area contributed by atoms with Gasteiger partial charge in [-0.05, 0) is 35.9 Å². The number of aromatic amines is 1. The largest absolute Gasteiger partial charge is 0.497 e. The van der Waals surface area contributed by atoms with Crippen LogP contribution in [0.15, 0.2) is 46.7 Å². The molecular weight excluding hydrogens is 366 g/mol. The van der Waals surface area contributed by atoms with E-state index in [1.165, 1.54) is 6.21 Å². The van der Waals surface area contributed by atoms with Crippen molar-refractivity contribution in [3.8, 4) is 11.5 Å². The number of aromatic nitrogens is 2. The maximum Gasteiger partial charge on any atom is 0.332 e. The van der Waals surface area contributed by atoms with Crippen LogP contribution in [-0.2, 0) is 5.75 Å². The van der Waals surface area contributed by atoms with Gasteiger partial charge in [-0.25, -0.2) is 15.2 Å². The Morgan fingerprint density at radius 2 is 2.15 bits per heavy atom. The second-order valence-corrected chi connectivity index (χ2v) is 6.48. The lowest BCUT2D eigenvalue weighted by Crippen LogP contribution is -2.24. The van der Waals surface area contributed by atoms with Crippen molar-refractivity contribution >= 4 is 35.0 Å². The SMILES string of the molecule is COc1ccc2nc(SCc3cc(C=NNC(N)=O)ccc3OC)[nH]c2c1. The number of imidazole rings is 1. The van der Waals surface area contributed by atoms with Gasteiger partial charge in [-0.3, -0.25) is 0 Å². The molecule has 2 aromatic carbocycles. The zero-order valence-electron chi connectivity index (χ0n) is 14.9. The van der Waals surface area contributed by atoms with E-state index in [2.05, 4.69) is 20.5 Å². The summed E-state index contributed by atoms with van der Waals surface area (Å²) in [4.78, 5) is 18.5. The summed E-state index contributed by atoms with van der Waals surface area (Å²) in [5.74, 6) is 2.19. The molecule has 0 saturated heterocycles. The Balaban J connectivity index is 1.76. The van der Waals surface area contributed by atoms with Crippen LogP contribution >= 0.6 is 11.8 Å². The average Bonchev–Trinajstić information content (AvgIpc) is 3.08. The van der Waals surface area contributed by atoms with Gasteiger partial charge in [0.05, 0.1) is 31.5 Å². The van der Waals surface area contributed by atoms with Crippen LogP contribution in [0, 0.1) is 0 Å². The third-order valence-corrected chi connectivity index (χ3v) is 4.65. The predicted octanol–water partition coefficient (Wildman–Crippen LogP) is 2.87. The van der Waals surface area contributed by atoms with Crippen molar-refractivity contribution in [3.05, 3.63) is 47.5 Å². The standard InChI is InChI=1S/C18H19N5O3S/c1-25-13-4-5-14-15(8-13)22-18(21-14)27-10-12-7-11(3-6-16(12)26-2)9-20-23-17(19)24/h3-9H,10H2,1-2H3,(H,21,22)(H3,19,23,24). The van der Waals surface area contributed by atoms with Crippen LogP contribution in [0.3, 0.4) is 0 Å². The van der Waals surface area contributed by atoms with Gasteiger partial charge in [-0.2, -0.15) is 5.10 Å². The minimum atomic E-state index is -0.711. The second-order valence-electron chi connectivity index (χ2n) is 5.52. The van der Waals surface area contributed by atoms with E-state index in [1.54, 1.807) is 26.0 Å². The number of urea groups is 1. The van der Waals surface area contributed by atoms with E-state index in [0.717, 1.165) is 38.8 Å².